The Hall–Kier alpha value is -2.39. The lowest BCUT2D eigenvalue weighted by atomic mass is 10.3. The van der Waals surface area contributed by atoms with Crippen LogP contribution in [0.4, 0.5) is 0 Å². The summed E-state index contributed by atoms with van der Waals surface area (Å²) in [5.74, 6) is 2.85. The van der Waals surface area contributed by atoms with Crippen LogP contribution in [0.25, 0.3) is 5.69 Å². The molecule has 0 unspecified atom stereocenters. The van der Waals surface area contributed by atoms with Crippen molar-refractivity contribution in [2.45, 2.75) is 33.5 Å². The molecule has 0 N–H and O–H groups in total. The van der Waals surface area contributed by atoms with Crippen LogP contribution in [0.2, 0.25) is 19.6 Å². The van der Waals surface area contributed by atoms with Gasteiger partial charge < -0.3 is 4.74 Å². The number of esters is 1. The van der Waals surface area contributed by atoms with E-state index < -0.39 is 14.0 Å². The Morgan fingerprint density at radius 1 is 1.26 bits per heavy atom. The molecule has 6 heteroatoms. The monoisotopic (exact) mass is 327 g/mol. The average Bonchev–Trinajstić information content (AvgIpc) is 2.81. The van der Waals surface area contributed by atoms with Gasteiger partial charge in [-0.25, -0.2) is 9.78 Å². The van der Waals surface area contributed by atoms with Crippen molar-refractivity contribution in [3.63, 3.8) is 0 Å². The molecule has 2 aromatic rings. The molecule has 0 amide bonds. The van der Waals surface area contributed by atoms with Crippen LogP contribution in [0.15, 0.2) is 18.3 Å². The lowest BCUT2D eigenvalue weighted by Crippen LogP contribution is -2.16. The third-order valence-electron chi connectivity index (χ3n) is 3.19. The van der Waals surface area contributed by atoms with Crippen LogP contribution in [0.3, 0.4) is 0 Å². The summed E-state index contributed by atoms with van der Waals surface area (Å²) in [4.78, 5) is 20.8. The smallest absolute Gasteiger partial charge is 0.374 e. The Kier molecular flexibility index (Phi) is 4.71. The molecular weight excluding hydrogens is 306 g/mol. The SMILES string of the molecule is COC(=O)c1nc(C#C[Si](C)(C)C)c(C)n1-c1ccc(C)nc1. The molecule has 0 saturated heterocycles. The van der Waals surface area contributed by atoms with E-state index in [4.69, 9.17) is 4.74 Å². The van der Waals surface area contributed by atoms with Crippen molar-refractivity contribution in [2.75, 3.05) is 7.11 Å². The van der Waals surface area contributed by atoms with Gasteiger partial charge in [-0.1, -0.05) is 25.6 Å². The van der Waals surface area contributed by atoms with Gasteiger partial charge in [0.25, 0.3) is 0 Å². The number of pyridine rings is 1. The third-order valence-corrected chi connectivity index (χ3v) is 4.06. The molecule has 2 aromatic heterocycles. The third kappa shape index (κ3) is 3.87. The van der Waals surface area contributed by atoms with Gasteiger partial charge in [-0.2, -0.15) is 0 Å². The maximum atomic E-state index is 12.1. The number of ether oxygens (including phenoxy) is 1. The second kappa shape index (κ2) is 6.38. The summed E-state index contributed by atoms with van der Waals surface area (Å²) < 4.78 is 6.60. The summed E-state index contributed by atoms with van der Waals surface area (Å²) in [7, 11) is -0.187. The molecule has 2 heterocycles. The summed E-state index contributed by atoms with van der Waals surface area (Å²) in [6.45, 7) is 10.3. The average molecular weight is 327 g/mol. The Morgan fingerprint density at radius 2 is 1.96 bits per heavy atom. The van der Waals surface area contributed by atoms with Gasteiger partial charge in [-0.05, 0) is 26.0 Å². The van der Waals surface area contributed by atoms with Crippen molar-refractivity contribution >= 4 is 14.0 Å². The number of nitrogens with zero attached hydrogens (tertiary/aromatic N) is 3. The molecule has 0 aromatic carbocycles. The maximum Gasteiger partial charge on any atom is 0.374 e. The van der Waals surface area contributed by atoms with Crippen molar-refractivity contribution in [1.29, 1.82) is 0 Å². The molecule has 0 saturated carbocycles. The van der Waals surface area contributed by atoms with Crippen LogP contribution in [0, 0.1) is 25.3 Å². The van der Waals surface area contributed by atoms with E-state index in [1.807, 2.05) is 26.0 Å². The van der Waals surface area contributed by atoms with E-state index in [0.29, 0.717) is 5.69 Å². The van der Waals surface area contributed by atoms with Gasteiger partial charge in [0.05, 0.1) is 24.7 Å². The zero-order chi connectivity index (χ0) is 17.2. The standard InChI is InChI=1S/C17H21N3O2Si/c1-12-7-8-14(11-18-12)20-13(2)15(9-10-23(4,5)6)19-16(20)17(21)22-3/h7-8,11H,1-6H3. The highest BCUT2D eigenvalue weighted by molar-refractivity contribution is 6.83. The predicted molar refractivity (Wildman–Crippen MR) is 92.4 cm³/mol. The highest BCUT2D eigenvalue weighted by Gasteiger charge is 2.21. The van der Waals surface area contributed by atoms with Gasteiger partial charge in [0, 0.05) is 5.69 Å². The fourth-order valence-electron chi connectivity index (χ4n) is 2.00. The number of carbonyl (C=O) groups is 1. The highest BCUT2D eigenvalue weighted by Crippen LogP contribution is 2.18. The van der Waals surface area contributed by atoms with Crippen molar-refractivity contribution in [2.24, 2.45) is 0 Å². The van der Waals surface area contributed by atoms with Crippen molar-refractivity contribution in [3.05, 3.63) is 41.2 Å². The van der Waals surface area contributed by atoms with Gasteiger partial charge >= 0.3 is 5.97 Å². The molecule has 0 aliphatic carbocycles. The molecular formula is C17H21N3O2Si. The topological polar surface area (TPSA) is 57.0 Å². The van der Waals surface area contributed by atoms with Crippen LogP contribution in [-0.4, -0.2) is 35.7 Å². The largest absolute Gasteiger partial charge is 0.463 e. The molecule has 0 atom stereocenters. The number of aryl methyl sites for hydroxylation is 1. The van der Waals surface area contributed by atoms with Crippen molar-refractivity contribution in [3.8, 4) is 17.2 Å². The van der Waals surface area contributed by atoms with E-state index in [2.05, 4.69) is 41.1 Å². The molecule has 0 bridgehead atoms. The van der Waals surface area contributed by atoms with Gasteiger partial charge in [-0.15, -0.1) is 5.54 Å². The first-order valence-corrected chi connectivity index (χ1v) is 10.9. The Labute approximate surface area is 137 Å². The van der Waals surface area contributed by atoms with E-state index >= 15 is 0 Å². The number of hydrogen-bond acceptors (Lipinski definition) is 4. The quantitative estimate of drug-likeness (QED) is 0.483. The Bertz CT molecular complexity index is 790. The van der Waals surface area contributed by atoms with Gasteiger partial charge in [0.15, 0.2) is 0 Å². The molecule has 23 heavy (non-hydrogen) atoms. The lowest BCUT2D eigenvalue weighted by molar-refractivity contribution is 0.0584. The molecule has 120 valence electrons. The van der Waals surface area contributed by atoms with E-state index in [-0.39, 0.29) is 5.82 Å². The van der Waals surface area contributed by atoms with Crippen LogP contribution < -0.4 is 0 Å². The number of imidazole rings is 1. The Balaban J connectivity index is 2.63. The molecule has 0 spiro atoms. The number of hydrogen-bond donors (Lipinski definition) is 0. The first kappa shape index (κ1) is 17.0. The summed E-state index contributed by atoms with van der Waals surface area (Å²) in [5, 5.41) is 0. The van der Waals surface area contributed by atoms with E-state index in [9.17, 15) is 4.79 Å². The minimum absolute atomic E-state index is 0.218. The lowest BCUT2D eigenvalue weighted by Gasteiger charge is -2.08. The maximum absolute atomic E-state index is 12.1. The molecule has 2 rings (SSSR count). The van der Waals surface area contributed by atoms with Crippen LogP contribution >= 0.6 is 0 Å². The number of carbonyl (C=O) groups excluding carboxylic acids is 1. The summed E-state index contributed by atoms with van der Waals surface area (Å²) in [5.41, 5.74) is 6.37. The van der Waals surface area contributed by atoms with Gasteiger partial charge in [-0.3, -0.25) is 9.55 Å². The number of methoxy groups -OCH3 is 1. The molecule has 0 aliphatic heterocycles. The van der Waals surface area contributed by atoms with Crippen molar-refractivity contribution < 1.29 is 9.53 Å². The number of aromatic nitrogens is 3. The summed E-state index contributed by atoms with van der Waals surface area (Å²) in [6.07, 6.45) is 1.71. The summed E-state index contributed by atoms with van der Waals surface area (Å²) >= 11 is 0. The second-order valence-corrected chi connectivity index (χ2v) is 11.1. The highest BCUT2D eigenvalue weighted by atomic mass is 28.3. The molecule has 5 nitrogen and oxygen atoms in total. The number of rotatable bonds is 2. The van der Waals surface area contributed by atoms with E-state index in [0.717, 1.165) is 17.1 Å². The zero-order valence-corrected chi connectivity index (χ0v) is 15.4. The van der Waals surface area contributed by atoms with E-state index in [1.165, 1.54) is 7.11 Å². The van der Waals surface area contributed by atoms with Crippen LogP contribution in [0.1, 0.15) is 27.7 Å². The van der Waals surface area contributed by atoms with Gasteiger partial charge in [0.2, 0.25) is 5.82 Å². The zero-order valence-electron chi connectivity index (χ0n) is 14.4. The van der Waals surface area contributed by atoms with Crippen LogP contribution in [-0.2, 0) is 4.74 Å². The van der Waals surface area contributed by atoms with Gasteiger partial charge in [0.1, 0.15) is 13.8 Å². The predicted octanol–water partition coefficient (Wildman–Crippen LogP) is 2.90. The van der Waals surface area contributed by atoms with E-state index in [1.54, 1.807) is 10.8 Å². The first-order valence-electron chi connectivity index (χ1n) is 7.37. The van der Waals surface area contributed by atoms with Crippen molar-refractivity contribution in [1.82, 2.24) is 14.5 Å². The minimum Gasteiger partial charge on any atom is -0.463 e. The molecule has 0 radical (unpaired) electrons. The normalized spacial score (nSPS) is 10.9. The fraction of sp³-hybridized carbons (Fsp3) is 0.353. The first-order chi connectivity index (χ1) is 10.7. The second-order valence-electron chi connectivity index (χ2n) is 6.35. The summed E-state index contributed by atoms with van der Waals surface area (Å²) in [6, 6.07) is 3.79. The van der Waals surface area contributed by atoms with Crippen LogP contribution in [0.5, 0.6) is 0 Å². The molecule has 0 aliphatic rings. The Morgan fingerprint density at radius 3 is 2.48 bits per heavy atom. The molecule has 0 fully saturated rings. The minimum atomic E-state index is -1.53. The fourth-order valence-corrected chi connectivity index (χ4v) is 2.50.